The highest BCUT2D eigenvalue weighted by Crippen LogP contribution is 2.41. The summed E-state index contributed by atoms with van der Waals surface area (Å²) in [5.74, 6) is 0.989. The smallest absolute Gasteiger partial charge is 0.306 e. The summed E-state index contributed by atoms with van der Waals surface area (Å²) in [5.41, 5.74) is 5.30. The van der Waals surface area contributed by atoms with Crippen LogP contribution >= 0.6 is 11.6 Å². The van der Waals surface area contributed by atoms with E-state index in [-0.39, 0.29) is 30.3 Å². The Hall–Kier alpha value is -3.62. The number of ether oxygens (including phenoxy) is 2. The number of aromatic nitrogens is 1. The lowest BCUT2D eigenvalue weighted by Crippen LogP contribution is -2.34. The Morgan fingerprint density at radius 2 is 1.70 bits per heavy atom. The van der Waals surface area contributed by atoms with Crippen LogP contribution in [0.25, 0.3) is 0 Å². The lowest BCUT2D eigenvalue weighted by Gasteiger charge is -2.35. The molecule has 1 heterocycles. The van der Waals surface area contributed by atoms with Crippen LogP contribution in [0.4, 0.5) is 0 Å². The molecule has 9 heteroatoms. The van der Waals surface area contributed by atoms with E-state index in [2.05, 4.69) is 23.1 Å². The summed E-state index contributed by atoms with van der Waals surface area (Å²) in [6, 6.07) is 12.5. The number of nitrogens with zero attached hydrogens (tertiary/aromatic N) is 2. The van der Waals surface area contributed by atoms with Crippen LogP contribution < -0.4 is 9.47 Å². The number of aryl methyl sites for hydroxylation is 1. The van der Waals surface area contributed by atoms with Crippen molar-refractivity contribution >= 4 is 17.6 Å². The first kappa shape index (κ1) is 30.4. The molecular formula is C35H41ClN2O6. The first-order valence-corrected chi connectivity index (χ1v) is 16.0. The molecule has 2 aromatic carbocycles. The van der Waals surface area contributed by atoms with Crippen molar-refractivity contribution in [2.75, 3.05) is 20.3 Å². The molecule has 3 N–H and O–H groups in total. The van der Waals surface area contributed by atoms with Crippen molar-refractivity contribution in [2.45, 2.75) is 70.5 Å². The van der Waals surface area contributed by atoms with Gasteiger partial charge in [-0.05, 0) is 98.2 Å². The zero-order valence-corrected chi connectivity index (χ0v) is 25.9. The number of rotatable bonds is 11. The summed E-state index contributed by atoms with van der Waals surface area (Å²) in [7, 11) is 1.63. The van der Waals surface area contributed by atoms with Gasteiger partial charge in [0.2, 0.25) is 0 Å². The highest BCUT2D eigenvalue weighted by Gasteiger charge is 2.32. The van der Waals surface area contributed by atoms with E-state index >= 15 is 0 Å². The zero-order valence-electron chi connectivity index (χ0n) is 25.2. The van der Waals surface area contributed by atoms with Crippen LogP contribution in [-0.2, 0) is 37.1 Å². The fourth-order valence-corrected chi connectivity index (χ4v) is 7.51. The highest BCUT2D eigenvalue weighted by molar-refractivity contribution is 6.30. The fraction of sp³-hybridized carbons (Fsp3) is 0.457. The molecule has 0 aliphatic heterocycles. The van der Waals surface area contributed by atoms with Crippen molar-refractivity contribution in [3.63, 3.8) is 0 Å². The SMILES string of the molecule is COc1cc(CN(CC2CCC(C(=O)O)CC2)[C@H]2CCc3cc(Cl)ccc32)ccc1OCCn1c(O)c2c(c1O)CC=CC2. The van der Waals surface area contributed by atoms with Gasteiger partial charge >= 0.3 is 5.97 Å². The number of carboxylic acid groups (broad SMARTS) is 1. The van der Waals surface area contributed by atoms with Crippen molar-refractivity contribution in [3.8, 4) is 23.3 Å². The molecule has 0 bridgehead atoms. The number of methoxy groups -OCH3 is 1. The van der Waals surface area contributed by atoms with Crippen LogP contribution in [0.2, 0.25) is 5.02 Å². The second kappa shape index (κ2) is 13.2. The second-order valence-corrected chi connectivity index (χ2v) is 12.8. The fourth-order valence-electron chi connectivity index (χ4n) is 7.32. The van der Waals surface area contributed by atoms with Crippen LogP contribution in [0.1, 0.15) is 66.0 Å². The minimum absolute atomic E-state index is 0.0973. The molecule has 8 nitrogen and oxygen atoms in total. The first-order chi connectivity index (χ1) is 21.3. The number of fused-ring (bicyclic) bond motifs is 2. The molecule has 0 amide bonds. The third-order valence-electron chi connectivity index (χ3n) is 9.69. The van der Waals surface area contributed by atoms with Crippen molar-refractivity contribution in [1.29, 1.82) is 0 Å². The molecule has 234 valence electrons. The van der Waals surface area contributed by atoms with E-state index in [1.165, 1.54) is 15.7 Å². The summed E-state index contributed by atoms with van der Waals surface area (Å²) in [6.45, 7) is 2.19. The van der Waals surface area contributed by atoms with Crippen LogP contribution in [0.3, 0.4) is 0 Å². The van der Waals surface area contributed by atoms with Gasteiger partial charge in [0, 0.05) is 35.3 Å². The van der Waals surface area contributed by atoms with Gasteiger partial charge in [0.15, 0.2) is 23.3 Å². The van der Waals surface area contributed by atoms with E-state index in [0.29, 0.717) is 36.8 Å². The van der Waals surface area contributed by atoms with E-state index in [1.807, 2.05) is 30.4 Å². The number of hydrogen-bond donors (Lipinski definition) is 3. The molecule has 3 aliphatic carbocycles. The third-order valence-corrected chi connectivity index (χ3v) is 9.93. The number of halogens is 1. The first-order valence-electron chi connectivity index (χ1n) is 15.6. The summed E-state index contributed by atoms with van der Waals surface area (Å²) < 4.78 is 13.3. The quantitative estimate of drug-likeness (QED) is 0.206. The molecule has 1 fully saturated rings. The van der Waals surface area contributed by atoms with E-state index in [4.69, 9.17) is 21.1 Å². The van der Waals surface area contributed by atoms with Gasteiger partial charge in [-0.1, -0.05) is 35.9 Å². The zero-order chi connectivity index (χ0) is 30.8. The summed E-state index contributed by atoms with van der Waals surface area (Å²) >= 11 is 6.32. The van der Waals surface area contributed by atoms with Gasteiger partial charge in [0.25, 0.3) is 0 Å². The minimum atomic E-state index is -0.672. The Labute approximate surface area is 263 Å². The van der Waals surface area contributed by atoms with Gasteiger partial charge in [-0.3, -0.25) is 14.3 Å². The molecule has 0 radical (unpaired) electrons. The average Bonchev–Trinajstić information content (AvgIpc) is 3.55. The lowest BCUT2D eigenvalue weighted by molar-refractivity contribution is -0.143. The second-order valence-electron chi connectivity index (χ2n) is 12.4. The number of hydrogen-bond acceptors (Lipinski definition) is 6. The molecule has 1 aromatic heterocycles. The highest BCUT2D eigenvalue weighted by atomic mass is 35.5. The number of benzene rings is 2. The van der Waals surface area contributed by atoms with Crippen molar-refractivity contribution in [3.05, 3.63) is 81.4 Å². The molecule has 6 rings (SSSR count). The maximum absolute atomic E-state index is 11.5. The summed E-state index contributed by atoms with van der Waals surface area (Å²) in [4.78, 5) is 14.1. The van der Waals surface area contributed by atoms with Gasteiger partial charge in [-0.25, -0.2) is 0 Å². The average molecular weight is 621 g/mol. The van der Waals surface area contributed by atoms with Crippen molar-refractivity contribution in [1.82, 2.24) is 9.47 Å². The molecule has 0 saturated heterocycles. The number of carboxylic acids is 1. The molecule has 0 unspecified atom stereocenters. The molecule has 1 saturated carbocycles. The number of carbonyl (C=O) groups is 1. The Balaban J connectivity index is 1.16. The topological polar surface area (TPSA) is 104 Å². The van der Waals surface area contributed by atoms with E-state index in [9.17, 15) is 20.1 Å². The molecule has 3 aliphatic rings. The molecule has 44 heavy (non-hydrogen) atoms. The van der Waals surface area contributed by atoms with Crippen molar-refractivity contribution < 1.29 is 29.6 Å². The standard InChI is InChI=1S/C35H41ClN2O6/c1-43-32-18-23(8-15-31(32)44-17-16-38-33(39)28-4-2-3-5-29(28)34(38)40)21-37(20-22-6-9-24(10-7-22)35(41)42)30-14-11-25-19-26(36)12-13-27(25)30/h2-3,8,12-13,15,18-19,22,24,30,39-40H,4-7,9-11,14,16-17,20-21H2,1H3,(H,41,42)/t22?,24?,30-/m0/s1. The molecule has 3 aromatic rings. The number of aromatic hydroxyl groups is 2. The predicted octanol–water partition coefficient (Wildman–Crippen LogP) is 6.68. The van der Waals surface area contributed by atoms with Gasteiger partial charge in [0.1, 0.15) is 6.61 Å². The Morgan fingerprint density at radius 1 is 0.977 bits per heavy atom. The van der Waals surface area contributed by atoms with Crippen LogP contribution in [0.15, 0.2) is 48.6 Å². The third kappa shape index (κ3) is 6.28. The van der Waals surface area contributed by atoms with E-state index in [1.54, 1.807) is 7.11 Å². The normalized spacial score (nSPS) is 20.8. The van der Waals surface area contributed by atoms with Crippen LogP contribution in [0, 0.1) is 11.8 Å². The van der Waals surface area contributed by atoms with Gasteiger partial charge in [-0.2, -0.15) is 0 Å². The van der Waals surface area contributed by atoms with Gasteiger partial charge in [0.05, 0.1) is 19.6 Å². The van der Waals surface area contributed by atoms with Gasteiger partial charge < -0.3 is 24.8 Å². The largest absolute Gasteiger partial charge is 0.494 e. The Morgan fingerprint density at radius 3 is 2.39 bits per heavy atom. The molecular weight excluding hydrogens is 580 g/mol. The Kier molecular flexibility index (Phi) is 9.10. The maximum Gasteiger partial charge on any atom is 0.306 e. The number of allylic oxidation sites excluding steroid dienone is 2. The van der Waals surface area contributed by atoms with E-state index < -0.39 is 5.97 Å². The van der Waals surface area contributed by atoms with Gasteiger partial charge in [-0.15, -0.1) is 0 Å². The minimum Gasteiger partial charge on any atom is -0.494 e. The molecule has 0 spiro atoms. The molecule has 1 atom stereocenters. The summed E-state index contributed by atoms with van der Waals surface area (Å²) in [5, 5.41) is 31.5. The van der Waals surface area contributed by atoms with E-state index in [0.717, 1.165) is 73.3 Å². The summed E-state index contributed by atoms with van der Waals surface area (Å²) in [6.07, 6.45) is 10.6. The van der Waals surface area contributed by atoms with Crippen LogP contribution in [0.5, 0.6) is 23.3 Å². The number of aliphatic carboxylic acids is 1. The lowest BCUT2D eigenvalue weighted by atomic mass is 9.81. The van der Waals surface area contributed by atoms with Crippen molar-refractivity contribution in [2.24, 2.45) is 11.8 Å². The Bertz CT molecular complexity index is 1510. The maximum atomic E-state index is 11.5. The van der Waals surface area contributed by atoms with Crippen LogP contribution in [-0.4, -0.2) is 51.0 Å². The monoisotopic (exact) mass is 620 g/mol. The predicted molar refractivity (Wildman–Crippen MR) is 169 cm³/mol.